The summed E-state index contributed by atoms with van der Waals surface area (Å²) in [5, 5.41) is 3.30. The van der Waals surface area contributed by atoms with Crippen molar-refractivity contribution in [3.8, 4) is 50.7 Å². The Bertz CT molecular complexity index is 3470. The van der Waals surface area contributed by atoms with Crippen LogP contribution in [0.1, 0.15) is 103 Å². The summed E-state index contributed by atoms with van der Waals surface area (Å²) in [4.78, 5) is 14.8. The number of pyridine rings is 2. The summed E-state index contributed by atoms with van der Waals surface area (Å²) in [5.74, 6) is 1.08. The fraction of sp³-hybridized carbons (Fsp3) is 0.266. The number of nitrogens with zero attached hydrogens (tertiary/aromatic N) is 4. The van der Waals surface area contributed by atoms with Crippen LogP contribution in [0.4, 0.5) is 4.39 Å². The van der Waals surface area contributed by atoms with Crippen molar-refractivity contribution in [2.45, 2.75) is 112 Å². The van der Waals surface area contributed by atoms with Gasteiger partial charge in [-0.25, -0.2) is 0 Å². The van der Waals surface area contributed by atoms with Gasteiger partial charge < -0.3 is 14.0 Å². The molecule has 5 nitrogen and oxygen atoms in total. The molecule has 0 N–H and O–H groups in total. The summed E-state index contributed by atoms with van der Waals surface area (Å²) in [7, 11) is -1.30. The van der Waals surface area contributed by atoms with E-state index in [9.17, 15) is 4.39 Å². The normalized spacial score (nSPS) is 12.2. The van der Waals surface area contributed by atoms with E-state index < -0.39 is 8.07 Å². The van der Waals surface area contributed by atoms with Gasteiger partial charge in [-0.2, -0.15) is 0 Å². The standard InChI is InChI=1S/C50H50N3O.C14H15FNSi.Ir/c1-30(2)39-25-33(32-17-12-11-13-18-32)26-40(31(3)4)46(39)53-44-22-15-14-21-42(44)52-48(53)38-20-16-19-37-41-29-51-43(28-45(41)54-47(37)38)34-23-35(49(5,6)7)27-36(24-34)50(8,9)10;1-17(2,3)13-8-9-14(16-10-13)11-4-6-12(15)7-5-11;/h11-19,21-31H,1-10H3;4,6-10H,1-3H3;/q2*-1;. The number of furan rings is 1. The second kappa shape index (κ2) is 20.3. The van der Waals surface area contributed by atoms with Gasteiger partial charge >= 0.3 is 0 Å². The van der Waals surface area contributed by atoms with Crippen molar-refractivity contribution in [2.75, 3.05) is 0 Å². The minimum Gasteiger partial charge on any atom is -0.500 e. The second-order valence-corrected chi connectivity index (χ2v) is 27.7. The number of imidazole rings is 1. The molecule has 0 aliphatic carbocycles. The molecule has 369 valence electrons. The van der Waals surface area contributed by atoms with Crippen LogP contribution in [0, 0.1) is 17.9 Å². The molecule has 0 amide bonds. The Balaban J connectivity index is 0.000000326. The Kier molecular flexibility index (Phi) is 14.7. The summed E-state index contributed by atoms with van der Waals surface area (Å²) in [6.45, 7) is 29.6. The molecule has 1 radical (unpaired) electrons. The Morgan fingerprint density at radius 3 is 1.85 bits per heavy atom. The first-order valence-electron chi connectivity index (χ1n) is 24.9. The molecule has 0 saturated carbocycles. The van der Waals surface area contributed by atoms with Gasteiger partial charge in [-0.05, 0) is 103 Å². The van der Waals surface area contributed by atoms with Gasteiger partial charge in [0.15, 0.2) is 0 Å². The first-order valence-corrected chi connectivity index (χ1v) is 28.4. The molecule has 0 fully saturated rings. The van der Waals surface area contributed by atoms with E-state index in [-0.39, 0.29) is 48.6 Å². The van der Waals surface area contributed by atoms with Crippen LogP contribution in [-0.4, -0.2) is 27.6 Å². The van der Waals surface area contributed by atoms with Gasteiger partial charge in [-0.3, -0.25) is 14.4 Å². The van der Waals surface area contributed by atoms with E-state index in [0.717, 1.165) is 66.9 Å². The van der Waals surface area contributed by atoms with Crippen molar-refractivity contribution >= 4 is 46.2 Å². The first kappa shape index (κ1) is 52.0. The molecule has 0 unspecified atom stereocenters. The minimum absolute atomic E-state index is 0. The molecule has 0 aliphatic heterocycles. The van der Waals surface area contributed by atoms with E-state index in [0.29, 0.717) is 0 Å². The Hall–Kier alpha value is -6.31. The Morgan fingerprint density at radius 1 is 0.625 bits per heavy atom. The molecule has 4 heterocycles. The average molecular weight is 1150 g/mol. The maximum absolute atomic E-state index is 12.8. The molecule has 8 heteroatoms. The van der Waals surface area contributed by atoms with E-state index >= 15 is 0 Å². The molecule has 4 aromatic heterocycles. The summed E-state index contributed by atoms with van der Waals surface area (Å²) >= 11 is 0. The third-order valence-corrected chi connectivity index (χ3v) is 15.5. The zero-order valence-corrected chi connectivity index (χ0v) is 47.3. The van der Waals surface area contributed by atoms with Gasteiger partial charge in [0.05, 0.1) is 36.2 Å². The number of benzene rings is 6. The van der Waals surface area contributed by atoms with Crippen LogP contribution < -0.4 is 5.19 Å². The van der Waals surface area contributed by atoms with Crippen LogP contribution in [0.5, 0.6) is 0 Å². The van der Waals surface area contributed by atoms with E-state index in [2.05, 4.69) is 214 Å². The topological polar surface area (TPSA) is 56.7 Å². The van der Waals surface area contributed by atoms with E-state index in [1.54, 1.807) is 6.07 Å². The fourth-order valence-corrected chi connectivity index (χ4v) is 10.2. The first-order chi connectivity index (χ1) is 33.7. The van der Waals surface area contributed by atoms with E-state index in [1.807, 2.05) is 24.5 Å². The van der Waals surface area contributed by atoms with Crippen LogP contribution >= 0.6 is 0 Å². The smallest absolute Gasteiger partial charge is 0.124 e. The van der Waals surface area contributed by atoms with Crippen LogP contribution in [0.2, 0.25) is 19.6 Å². The molecule has 0 atom stereocenters. The van der Waals surface area contributed by atoms with Gasteiger partial charge in [-0.15, -0.1) is 48.0 Å². The van der Waals surface area contributed by atoms with Crippen molar-refractivity contribution < 1.29 is 28.9 Å². The van der Waals surface area contributed by atoms with Crippen LogP contribution in [0.25, 0.3) is 83.7 Å². The predicted molar refractivity (Wildman–Crippen MR) is 298 cm³/mol. The number of aromatic nitrogens is 4. The second-order valence-electron chi connectivity index (χ2n) is 22.6. The molecule has 0 aliphatic rings. The average Bonchev–Trinajstić information content (AvgIpc) is 3.92. The third kappa shape index (κ3) is 10.6. The zero-order valence-electron chi connectivity index (χ0n) is 43.9. The van der Waals surface area contributed by atoms with Gasteiger partial charge in [-0.1, -0.05) is 160 Å². The summed E-state index contributed by atoms with van der Waals surface area (Å²) in [6, 6.07) is 52.0. The number of rotatable bonds is 8. The van der Waals surface area contributed by atoms with Crippen molar-refractivity contribution in [1.82, 2.24) is 19.5 Å². The van der Waals surface area contributed by atoms with E-state index in [4.69, 9.17) is 14.4 Å². The summed E-state index contributed by atoms with van der Waals surface area (Å²) in [6.07, 6.45) is 3.90. The number of fused-ring (bicyclic) bond motifs is 4. The molecule has 0 saturated heterocycles. The fourth-order valence-electron chi connectivity index (χ4n) is 9.20. The Labute approximate surface area is 440 Å². The molecular formula is C64H65FIrN4OSi-2. The minimum atomic E-state index is -1.30. The van der Waals surface area contributed by atoms with Gasteiger partial charge in [0.25, 0.3) is 0 Å². The monoisotopic (exact) mass is 1150 g/mol. The molecule has 10 rings (SSSR count). The van der Waals surface area contributed by atoms with Crippen LogP contribution in [-0.2, 0) is 30.9 Å². The Morgan fingerprint density at radius 2 is 1.26 bits per heavy atom. The van der Waals surface area contributed by atoms with Crippen LogP contribution in [0.15, 0.2) is 150 Å². The third-order valence-electron chi connectivity index (χ3n) is 13.5. The van der Waals surface area contributed by atoms with E-state index in [1.165, 1.54) is 56.4 Å². The molecule has 10 aromatic rings. The van der Waals surface area contributed by atoms with Crippen molar-refractivity contribution in [3.05, 3.63) is 186 Å². The largest absolute Gasteiger partial charge is 0.500 e. The van der Waals surface area contributed by atoms with Gasteiger partial charge in [0.2, 0.25) is 0 Å². The molecular weight excluding hydrogens is 1080 g/mol. The van der Waals surface area contributed by atoms with Gasteiger partial charge in [0, 0.05) is 61.0 Å². The molecule has 0 spiro atoms. The van der Waals surface area contributed by atoms with Crippen molar-refractivity contribution in [3.63, 3.8) is 0 Å². The van der Waals surface area contributed by atoms with Gasteiger partial charge in [0.1, 0.15) is 5.58 Å². The molecule has 0 bridgehead atoms. The van der Waals surface area contributed by atoms with Crippen molar-refractivity contribution in [1.29, 1.82) is 0 Å². The molecule has 6 aromatic carbocycles. The molecule has 72 heavy (non-hydrogen) atoms. The number of hydrogen-bond acceptors (Lipinski definition) is 4. The zero-order chi connectivity index (χ0) is 50.6. The predicted octanol–water partition coefficient (Wildman–Crippen LogP) is 17.2. The van der Waals surface area contributed by atoms with Crippen LogP contribution in [0.3, 0.4) is 0 Å². The number of para-hydroxylation sites is 2. The number of halogens is 1. The summed E-state index contributed by atoms with van der Waals surface area (Å²) in [5.41, 5.74) is 16.9. The summed E-state index contributed by atoms with van der Waals surface area (Å²) < 4.78 is 22.0. The quantitative estimate of drug-likeness (QED) is 0.112. The van der Waals surface area contributed by atoms with Crippen molar-refractivity contribution in [2.24, 2.45) is 0 Å². The maximum Gasteiger partial charge on any atom is 0.124 e. The SMILES string of the molecule is CC(C)c1cc(-c2ccccc2)cc(C(C)C)c1-n1c(-c2[c-]ccc3c2oc2cc(-c4cc(C(C)(C)C)cc(C(C)(C)C)c4)ncc23)nc2ccccc21.C[Si](C)(C)c1ccc(-c2[c-]cc(F)cc2)nc1.[Ir]. The maximum atomic E-state index is 12.8. The number of hydrogen-bond donors (Lipinski definition) is 0.